The molecule has 9 aromatic rings. The monoisotopic (exact) mass is 884 g/mol. The Balaban J connectivity index is 0.869. The molecule has 0 N–H and O–H groups in total. The first-order valence-electron chi connectivity index (χ1n) is 24.7. The van der Waals surface area contributed by atoms with Gasteiger partial charge in [0.05, 0.1) is 16.8 Å². The largest absolute Gasteiger partial charge is 0.314 e. The van der Waals surface area contributed by atoms with Gasteiger partial charge < -0.3 is 9.80 Å². The minimum Gasteiger partial charge on any atom is -0.314 e. The molecule has 0 radical (unpaired) electrons. The van der Waals surface area contributed by atoms with Crippen molar-refractivity contribution in [2.45, 2.75) is 56.8 Å². The highest BCUT2D eigenvalue weighted by Gasteiger charge is 2.52. The molecule has 0 atom stereocenters. The van der Waals surface area contributed by atoms with E-state index in [-0.39, 0.29) is 10.8 Å². The lowest BCUT2D eigenvalue weighted by Crippen LogP contribution is -2.35. The first-order valence-corrected chi connectivity index (χ1v) is 24.7. The fraction of sp³-hybridized carbons (Fsp3) is 0.134. The number of nitrogens with zero attached hydrogens (tertiary/aromatic N) is 2. The Morgan fingerprint density at radius 3 is 1.52 bits per heavy atom. The van der Waals surface area contributed by atoms with Crippen LogP contribution in [0.4, 0.5) is 28.4 Å². The van der Waals surface area contributed by atoms with Crippen LogP contribution in [0.5, 0.6) is 0 Å². The molecule has 0 aromatic heterocycles. The maximum Gasteiger partial charge on any atom is 0.0726 e. The van der Waals surface area contributed by atoms with Gasteiger partial charge in [-0.1, -0.05) is 192 Å². The predicted molar refractivity (Wildman–Crippen MR) is 289 cm³/mol. The van der Waals surface area contributed by atoms with Crippen molar-refractivity contribution in [3.05, 3.63) is 268 Å². The van der Waals surface area contributed by atoms with Crippen molar-refractivity contribution >= 4 is 51.4 Å². The Hall–Kier alpha value is -7.94. The van der Waals surface area contributed by atoms with Gasteiger partial charge in [0, 0.05) is 33.6 Å². The SMILES string of the molecule is CC1(C)C2=C(CCC=C2)N(c2ccc3c(c2)C2(c4ccccc4-c4ccccc42)c2cc(/C=C/c4ccc5cc(N6c7ccccc7C(C)(C)c7ccccc76)ccc5c4)ccc2-3)c2ccccc21. The van der Waals surface area contributed by atoms with Crippen molar-refractivity contribution in [2.24, 2.45) is 0 Å². The van der Waals surface area contributed by atoms with Crippen molar-refractivity contribution < 1.29 is 0 Å². The molecule has 0 amide bonds. The van der Waals surface area contributed by atoms with Gasteiger partial charge in [-0.15, -0.1) is 0 Å². The van der Waals surface area contributed by atoms with E-state index in [1.54, 1.807) is 0 Å². The summed E-state index contributed by atoms with van der Waals surface area (Å²) in [5.74, 6) is 0. The molecule has 0 saturated carbocycles. The van der Waals surface area contributed by atoms with Crippen LogP contribution in [-0.2, 0) is 16.2 Å². The maximum absolute atomic E-state index is 2.59. The number of benzene rings is 9. The van der Waals surface area contributed by atoms with Gasteiger partial charge in [0.15, 0.2) is 0 Å². The molecule has 5 aliphatic rings. The van der Waals surface area contributed by atoms with Gasteiger partial charge in [-0.25, -0.2) is 0 Å². The van der Waals surface area contributed by atoms with Gasteiger partial charge in [-0.05, 0) is 156 Å². The highest BCUT2D eigenvalue weighted by atomic mass is 15.2. The molecule has 0 saturated heterocycles. The summed E-state index contributed by atoms with van der Waals surface area (Å²) in [4.78, 5) is 5.03. The average Bonchev–Trinajstić information content (AvgIpc) is 3.85. The summed E-state index contributed by atoms with van der Waals surface area (Å²) in [7, 11) is 0. The molecule has 69 heavy (non-hydrogen) atoms. The van der Waals surface area contributed by atoms with Crippen LogP contribution in [0.2, 0.25) is 0 Å². The van der Waals surface area contributed by atoms with E-state index in [0.29, 0.717) is 0 Å². The molecule has 1 spiro atoms. The summed E-state index contributed by atoms with van der Waals surface area (Å²) in [5.41, 5.74) is 25.5. The van der Waals surface area contributed by atoms with E-state index in [1.165, 1.54) is 123 Å². The van der Waals surface area contributed by atoms with E-state index < -0.39 is 5.41 Å². The summed E-state index contributed by atoms with van der Waals surface area (Å²) in [6.07, 6.45) is 11.4. The van der Waals surface area contributed by atoms with Crippen molar-refractivity contribution in [1.29, 1.82) is 0 Å². The molecule has 0 unspecified atom stereocenters. The van der Waals surface area contributed by atoms with Crippen molar-refractivity contribution in [2.75, 3.05) is 9.80 Å². The molecule has 14 rings (SSSR count). The second-order valence-electron chi connectivity index (χ2n) is 20.8. The van der Waals surface area contributed by atoms with Crippen LogP contribution in [0.1, 0.15) is 90.6 Å². The summed E-state index contributed by atoms with van der Waals surface area (Å²) in [6, 6.07) is 73.5. The Labute approximate surface area is 405 Å². The van der Waals surface area contributed by atoms with Crippen LogP contribution in [-0.4, -0.2) is 0 Å². The molecule has 330 valence electrons. The third-order valence-corrected chi connectivity index (χ3v) is 16.5. The van der Waals surface area contributed by atoms with Crippen molar-refractivity contribution in [1.82, 2.24) is 0 Å². The molecule has 2 heteroatoms. The van der Waals surface area contributed by atoms with Crippen LogP contribution < -0.4 is 9.80 Å². The van der Waals surface area contributed by atoms with Gasteiger partial charge in [0.25, 0.3) is 0 Å². The minimum atomic E-state index is -0.470. The second-order valence-corrected chi connectivity index (χ2v) is 20.8. The normalized spacial score (nSPS) is 17.0. The third kappa shape index (κ3) is 5.55. The highest BCUT2D eigenvalue weighted by molar-refractivity contribution is 5.98. The molecule has 0 bridgehead atoms. The zero-order chi connectivity index (χ0) is 46.2. The zero-order valence-electron chi connectivity index (χ0n) is 39.6. The maximum atomic E-state index is 2.59. The number of rotatable bonds is 4. The Morgan fingerprint density at radius 1 is 0.391 bits per heavy atom. The number of anilines is 5. The standard InChI is InChI=1S/C67H52N2/c1-65(2)55-21-9-13-25-61(55)68(62-26-14-10-22-56(62)65)47-35-34-45-39-43(31-33-46(45)41-47)29-30-44-32-37-51-52-38-36-48(69-63-27-15-11-23-57(63)66(3,4)58-24-12-16-28-64(58)69)42-60(52)67(59(51)40-44)53-19-7-5-17-49(53)50-18-6-8-20-54(50)67/h5-15,17-27,29-42H,16,28H2,1-4H3/b30-29+. The zero-order valence-corrected chi connectivity index (χ0v) is 39.6. The topological polar surface area (TPSA) is 6.48 Å². The molecule has 2 nitrogen and oxygen atoms in total. The van der Waals surface area contributed by atoms with E-state index in [0.717, 1.165) is 12.8 Å². The number of hydrogen-bond donors (Lipinski definition) is 0. The Bertz CT molecular complexity index is 3670. The van der Waals surface area contributed by atoms with E-state index in [9.17, 15) is 0 Å². The minimum absolute atomic E-state index is 0.0804. The summed E-state index contributed by atoms with van der Waals surface area (Å²) in [6.45, 7) is 9.48. The smallest absolute Gasteiger partial charge is 0.0726 e. The van der Waals surface area contributed by atoms with Crippen LogP contribution >= 0.6 is 0 Å². The lowest BCUT2D eigenvalue weighted by molar-refractivity contribution is 0.603. The van der Waals surface area contributed by atoms with Crippen molar-refractivity contribution in [3.8, 4) is 22.3 Å². The lowest BCUT2D eigenvalue weighted by Gasteiger charge is -2.44. The van der Waals surface area contributed by atoms with Crippen LogP contribution in [0.25, 0.3) is 45.2 Å². The van der Waals surface area contributed by atoms with Gasteiger partial charge in [-0.2, -0.15) is 0 Å². The molecule has 2 heterocycles. The summed E-state index contributed by atoms with van der Waals surface area (Å²) >= 11 is 0. The van der Waals surface area contributed by atoms with E-state index >= 15 is 0 Å². The second kappa shape index (κ2) is 14.5. The quantitative estimate of drug-likeness (QED) is 0.163. The Kier molecular flexibility index (Phi) is 8.46. The van der Waals surface area contributed by atoms with Crippen molar-refractivity contribution in [3.63, 3.8) is 0 Å². The molecule has 3 aliphatic carbocycles. The highest BCUT2D eigenvalue weighted by Crippen LogP contribution is 2.64. The molecular formula is C67H52N2. The third-order valence-electron chi connectivity index (χ3n) is 16.5. The fourth-order valence-corrected chi connectivity index (χ4v) is 13.3. The van der Waals surface area contributed by atoms with Gasteiger partial charge in [0.2, 0.25) is 0 Å². The molecular weight excluding hydrogens is 833 g/mol. The molecule has 2 aliphatic heterocycles. The Morgan fingerprint density at radius 2 is 0.855 bits per heavy atom. The van der Waals surface area contributed by atoms with Gasteiger partial charge in [0.1, 0.15) is 0 Å². The lowest BCUT2D eigenvalue weighted by atomic mass is 9.70. The fourth-order valence-electron chi connectivity index (χ4n) is 13.3. The van der Waals surface area contributed by atoms with Crippen LogP contribution in [0.3, 0.4) is 0 Å². The number of para-hydroxylation sites is 3. The molecule has 9 aromatic carbocycles. The molecule has 0 fully saturated rings. The number of fused-ring (bicyclic) bond motifs is 14. The average molecular weight is 885 g/mol. The first kappa shape index (κ1) is 40.2. The summed E-state index contributed by atoms with van der Waals surface area (Å²) in [5, 5.41) is 2.45. The van der Waals surface area contributed by atoms with Crippen LogP contribution in [0, 0.1) is 0 Å². The summed E-state index contributed by atoms with van der Waals surface area (Å²) < 4.78 is 0. The number of allylic oxidation sites excluding steroid dienone is 4. The van der Waals surface area contributed by atoms with E-state index in [4.69, 9.17) is 0 Å². The number of hydrogen-bond acceptors (Lipinski definition) is 2. The van der Waals surface area contributed by atoms with E-state index in [2.05, 4.69) is 256 Å². The first-order chi connectivity index (χ1) is 33.7. The predicted octanol–water partition coefficient (Wildman–Crippen LogP) is 17.5. The van der Waals surface area contributed by atoms with Gasteiger partial charge in [-0.3, -0.25) is 0 Å². The van der Waals surface area contributed by atoms with Gasteiger partial charge >= 0.3 is 0 Å². The van der Waals surface area contributed by atoms with E-state index in [1.807, 2.05) is 0 Å². The van der Waals surface area contributed by atoms with Crippen LogP contribution in [0.15, 0.2) is 218 Å².